The smallest absolute Gasteiger partial charge is 0.264 e. The third-order valence-corrected chi connectivity index (χ3v) is 5.14. The lowest BCUT2D eigenvalue weighted by Crippen LogP contribution is -2.26. The molecular weight excluding hydrogens is 342 g/mol. The second-order valence-electron chi connectivity index (χ2n) is 4.10. The number of hydrogen-bond acceptors (Lipinski definition) is 3. The van der Waals surface area contributed by atoms with Crippen LogP contribution in [-0.2, 0) is 10.0 Å². The zero-order valence-electron chi connectivity index (χ0n) is 11.1. The maximum Gasteiger partial charge on any atom is 0.264 e. The van der Waals surface area contributed by atoms with Gasteiger partial charge in [0.15, 0.2) is 0 Å². The van der Waals surface area contributed by atoms with Crippen LogP contribution in [-0.4, -0.2) is 22.6 Å². The fourth-order valence-electron chi connectivity index (χ4n) is 1.80. The molecule has 0 saturated heterocycles. The Morgan fingerprint density at radius 2 is 1.80 bits per heavy atom. The first-order valence-corrected chi connectivity index (χ1v) is 8.07. The molecule has 2 rings (SSSR count). The van der Waals surface area contributed by atoms with E-state index in [4.69, 9.17) is 4.74 Å². The third kappa shape index (κ3) is 2.81. The summed E-state index contributed by atoms with van der Waals surface area (Å²) < 4.78 is 32.3. The normalized spacial score (nSPS) is 11.2. The standard InChI is InChI=1S/C14H14BrNO3S/c1-16(13-8-3-4-9-14(13)19-2)20(17,18)12-7-5-6-11(15)10-12/h3-10H,1-2H3. The Hall–Kier alpha value is -1.53. The van der Waals surface area contributed by atoms with Crippen molar-refractivity contribution in [3.63, 3.8) is 0 Å². The molecule has 0 amide bonds. The van der Waals surface area contributed by atoms with E-state index < -0.39 is 10.0 Å². The van der Waals surface area contributed by atoms with Gasteiger partial charge in [-0.05, 0) is 30.3 Å². The molecule has 2 aromatic carbocycles. The van der Waals surface area contributed by atoms with Crippen LogP contribution in [0.15, 0.2) is 57.9 Å². The summed E-state index contributed by atoms with van der Waals surface area (Å²) in [7, 11) is -0.603. The van der Waals surface area contributed by atoms with Crippen molar-refractivity contribution in [1.29, 1.82) is 0 Å². The van der Waals surface area contributed by atoms with E-state index in [1.165, 1.54) is 18.5 Å². The molecule has 0 aliphatic heterocycles. The molecule has 0 fully saturated rings. The molecule has 0 unspecified atom stereocenters. The van der Waals surface area contributed by atoms with Crippen molar-refractivity contribution in [2.24, 2.45) is 0 Å². The minimum Gasteiger partial charge on any atom is -0.495 e. The summed E-state index contributed by atoms with van der Waals surface area (Å²) in [4.78, 5) is 0.222. The summed E-state index contributed by atoms with van der Waals surface area (Å²) in [5, 5.41) is 0. The molecule has 0 aromatic heterocycles. The summed E-state index contributed by atoms with van der Waals surface area (Å²) in [6.07, 6.45) is 0. The van der Waals surface area contributed by atoms with Gasteiger partial charge in [0.2, 0.25) is 0 Å². The Balaban J connectivity index is 2.49. The topological polar surface area (TPSA) is 46.6 Å². The van der Waals surface area contributed by atoms with E-state index in [1.807, 2.05) is 0 Å². The lowest BCUT2D eigenvalue weighted by molar-refractivity contribution is 0.416. The fraction of sp³-hybridized carbons (Fsp3) is 0.143. The van der Waals surface area contributed by atoms with Gasteiger partial charge < -0.3 is 4.74 Å². The molecule has 2 aromatic rings. The summed E-state index contributed by atoms with van der Waals surface area (Å²) in [6.45, 7) is 0. The molecule has 0 atom stereocenters. The van der Waals surface area contributed by atoms with Crippen LogP contribution in [0.25, 0.3) is 0 Å². The van der Waals surface area contributed by atoms with Crippen molar-refractivity contribution in [1.82, 2.24) is 0 Å². The predicted octanol–water partition coefficient (Wildman–Crippen LogP) is 3.28. The van der Waals surface area contributed by atoms with Crippen LogP contribution in [0, 0.1) is 0 Å². The van der Waals surface area contributed by atoms with E-state index in [0.29, 0.717) is 15.9 Å². The highest BCUT2D eigenvalue weighted by molar-refractivity contribution is 9.10. The quantitative estimate of drug-likeness (QED) is 0.845. The maximum atomic E-state index is 12.6. The Labute approximate surface area is 127 Å². The number of benzene rings is 2. The average Bonchev–Trinajstić information content (AvgIpc) is 2.46. The highest BCUT2D eigenvalue weighted by atomic mass is 79.9. The minimum absolute atomic E-state index is 0.222. The molecule has 0 aliphatic rings. The van der Waals surface area contributed by atoms with E-state index in [1.54, 1.807) is 48.5 Å². The molecule has 4 nitrogen and oxygen atoms in total. The van der Waals surface area contributed by atoms with Crippen LogP contribution in [0.5, 0.6) is 5.75 Å². The van der Waals surface area contributed by atoms with Gasteiger partial charge in [0, 0.05) is 11.5 Å². The van der Waals surface area contributed by atoms with Crippen molar-refractivity contribution < 1.29 is 13.2 Å². The van der Waals surface area contributed by atoms with Crippen LogP contribution in [0.3, 0.4) is 0 Å². The van der Waals surface area contributed by atoms with Crippen molar-refractivity contribution in [2.45, 2.75) is 4.90 Å². The zero-order chi connectivity index (χ0) is 14.8. The highest BCUT2D eigenvalue weighted by Crippen LogP contribution is 2.31. The van der Waals surface area contributed by atoms with Gasteiger partial charge in [-0.2, -0.15) is 0 Å². The largest absolute Gasteiger partial charge is 0.495 e. The van der Waals surface area contributed by atoms with E-state index in [9.17, 15) is 8.42 Å². The average molecular weight is 356 g/mol. The van der Waals surface area contributed by atoms with Crippen molar-refractivity contribution >= 4 is 31.6 Å². The van der Waals surface area contributed by atoms with Crippen molar-refractivity contribution in [3.05, 3.63) is 53.0 Å². The molecule has 6 heteroatoms. The Morgan fingerprint density at radius 1 is 1.10 bits per heavy atom. The first kappa shape index (κ1) is 14.9. The summed E-state index contributed by atoms with van der Waals surface area (Å²) in [5.41, 5.74) is 0.495. The van der Waals surface area contributed by atoms with Gasteiger partial charge in [-0.15, -0.1) is 0 Å². The molecule has 0 N–H and O–H groups in total. The molecule has 0 spiro atoms. The van der Waals surface area contributed by atoms with Crippen LogP contribution >= 0.6 is 15.9 Å². The number of hydrogen-bond donors (Lipinski definition) is 0. The second kappa shape index (κ2) is 5.85. The maximum absolute atomic E-state index is 12.6. The number of rotatable bonds is 4. The molecule has 0 radical (unpaired) electrons. The third-order valence-electron chi connectivity index (χ3n) is 2.88. The van der Waals surface area contributed by atoms with Gasteiger partial charge in [0.1, 0.15) is 5.75 Å². The number of sulfonamides is 1. The first-order chi connectivity index (χ1) is 9.46. The second-order valence-corrected chi connectivity index (χ2v) is 6.99. The van der Waals surface area contributed by atoms with E-state index >= 15 is 0 Å². The van der Waals surface area contributed by atoms with Gasteiger partial charge in [0.25, 0.3) is 10.0 Å². The van der Waals surface area contributed by atoms with Crippen molar-refractivity contribution in [3.8, 4) is 5.75 Å². The lowest BCUT2D eigenvalue weighted by atomic mass is 10.3. The Bertz CT molecular complexity index is 716. The SMILES string of the molecule is COc1ccccc1N(C)S(=O)(=O)c1cccc(Br)c1. The monoisotopic (exact) mass is 355 g/mol. The van der Waals surface area contributed by atoms with Crippen LogP contribution < -0.4 is 9.04 Å². The molecule has 0 bridgehead atoms. The Morgan fingerprint density at radius 3 is 2.45 bits per heavy atom. The van der Waals surface area contributed by atoms with Gasteiger partial charge in [-0.3, -0.25) is 4.31 Å². The zero-order valence-corrected chi connectivity index (χ0v) is 13.5. The van der Waals surface area contributed by atoms with Gasteiger partial charge >= 0.3 is 0 Å². The molecule has 106 valence electrons. The molecule has 0 aliphatic carbocycles. The number of para-hydroxylation sites is 2. The van der Waals surface area contributed by atoms with Crippen molar-refractivity contribution in [2.75, 3.05) is 18.5 Å². The minimum atomic E-state index is -3.62. The van der Waals surface area contributed by atoms with Gasteiger partial charge in [-0.25, -0.2) is 8.42 Å². The molecule has 0 saturated carbocycles. The fourth-order valence-corrected chi connectivity index (χ4v) is 3.61. The van der Waals surface area contributed by atoms with E-state index in [0.717, 1.165) is 0 Å². The highest BCUT2D eigenvalue weighted by Gasteiger charge is 2.23. The number of methoxy groups -OCH3 is 1. The van der Waals surface area contributed by atoms with E-state index in [-0.39, 0.29) is 4.90 Å². The number of anilines is 1. The molecule has 20 heavy (non-hydrogen) atoms. The number of ether oxygens (including phenoxy) is 1. The van der Waals surface area contributed by atoms with Gasteiger partial charge in [-0.1, -0.05) is 34.1 Å². The molecule has 0 heterocycles. The van der Waals surface area contributed by atoms with Crippen LogP contribution in [0.4, 0.5) is 5.69 Å². The van der Waals surface area contributed by atoms with E-state index in [2.05, 4.69) is 15.9 Å². The number of nitrogens with zero attached hydrogens (tertiary/aromatic N) is 1. The molecular formula is C14H14BrNO3S. The van der Waals surface area contributed by atoms with Crippen LogP contribution in [0.1, 0.15) is 0 Å². The van der Waals surface area contributed by atoms with Crippen LogP contribution in [0.2, 0.25) is 0 Å². The number of halogens is 1. The Kier molecular flexibility index (Phi) is 4.35. The van der Waals surface area contributed by atoms with Gasteiger partial charge in [0.05, 0.1) is 17.7 Å². The summed E-state index contributed by atoms with van der Waals surface area (Å²) in [6, 6.07) is 13.6. The first-order valence-electron chi connectivity index (χ1n) is 5.84. The summed E-state index contributed by atoms with van der Waals surface area (Å²) >= 11 is 3.28. The predicted molar refractivity (Wildman–Crippen MR) is 82.7 cm³/mol. The lowest BCUT2D eigenvalue weighted by Gasteiger charge is -2.21. The summed E-state index contributed by atoms with van der Waals surface area (Å²) in [5.74, 6) is 0.508.